The average molecular weight is 544 g/mol. The number of rotatable bonds is 13. The van der Waals surface area contributed by atoms with Crippen LogP contribution in [-0.4, -0.2) is 29.5 Å². The number of hydrogen-bond donors (Lipinski definition) is 1. The van der Waals surface area contributed by atoms with Gasteiger partial charge in [0.25, 0.3) is 0 Å². The predicted molar refractivity (Wildman–Crippen MR) is 163 cm³/mol. The van der Waals surface area contributed by atoms with E-state index < -0.39 is 5.97 Å². The van der Waals surface area contributed by atoms with E-state index in [9.17, 15) is 4.79 Å². The Hall–Kier alpha value is -4.00. The molecule has 0 saturated carbocycles. The lowest BCUT2D eigenvalue weighted by Gasteiger charge is -2.17. The van der Waals surface area contributed by atoms with Gasteiger partial charge in [-0.3, -0.25) is 0 Å². The summed E-state index contributed by atoms with van der Waals surface area (Å²) >= 11 is 0. The van der Waals surface area contributed by atoms with E-state index in [-0.39, 0.29) is 0 Å². The standard InChI is InChI=1S/C33H41N3O4/c1-6-10-11-23(7-2)21-36-30-16-12-24(18-28(30)29-19-25(34)13-17-31(29)36)33(35-40-22(5)37)27-15-14-26(38-8-3)20-32(27)39-9-4/h12-20,23H,6-11,21,34H2,1-5H3/b35-33-. The number of carbonyl (C=O) groups excluding carboxylic acids is 1. The van der Waals surface area contributed by atoms with Crippen molar-refractivity contribution in [3.8, 4) is 11.5 Å². The first-order chi connectivity index (χ1) is 19.4. The van der Waals surface area contributed by atoms with Crippen molar-refractivity contribution in [2.45, 2.75) is 66.8 Å². The Balaban J connectivity index is 1.90. The van der Waals surface area contributed by atoms with Gasteiger partial charge in [-0.25, -0.2) is 4.79 Å². The Labute approximate surface area is 236 Å². The number of carbonyl (C=O) groups is 1. The summed E-state index contributed by atoms with van der Waals surface area (Å²) in [5.41, 5.74) is 11.3. The second-order valence-corrected chi connectivity index (χ2v) is 10.1. The van der Waals surface area contributed by atoms with Crippen molar-refractivity contribution in [2.24, 2.45) is 11.1 Å². The number of nitrogens with two attached hydrogens (primary N) is 1. The molecule has 0 fully saturated rings. The Morgan fingerprint density at radius 3 is 2.33 bits per heavy atom. The van der Waals surface area contributed by atoms with Gasteiger partial charge in [-0.05, 0) is 68.7 Å². The van der Waals surface area contributed by atoms with Crippen LogP contribution in [-0.2, 0) is 16.2 Å². The molecule has 1 aromatic heterocycles. The van der Waals surface area contributed by atoms with E-state index >= 15 is 0 Å². The number of oxime groups is 1. The van der Waals surface area contributed by atoms with E-state index in [1.54, 1.807) is 0 Å². The van der Waals surface area contributed by atoms with Crippen LogP contribution < -0.4 is 15.2 Å². The van der Waals surface area contributed by atoms with Gasteiger partial charge < -0.3 is 24.6 Å². The Morgan fingerprint density at radius 1 is 0.925 bits per heavy atom. The molecule has 1 heterocycles. The van der Waals surface area contributed by atoms with Crippen LogP contribution >= 0.6 is 0 Å². The number of nitrogens with zero attached hydrogens (tertiary/aromatic N) is 2. The lowest BCUT2D eigenvalue weighted by atomic mass is 9.98. The van der Waals surface area contributed by atoms with E-state index in [1.807, 2.05) is 50.2 Å². The molecule has 7 heteroatoms. The molecular formula is C33H41N3O4. The maximum absolute atomic E-state index is 11.8. The fourth-order valence-electron chi connectivity index (χ4n) is 5.24. The molecule has 0 radical (unpaired) electrons. The van der Waals surface area contributed by atoms with Gasteiger partial charge in [-0.2, -0.15) is 0 Å². The summed E-state index contributed by atoms with van der Waals surface area (Å²) in [6.45, 7) is 11.7. The number of ether oxygens (including phenoxy) is 2. The van der Waals surface area contributed by atoms with E-state index in [0.717, 1.165) is 40.3 Å². The highest BCUT2D eigenvalue weighted by atomic mass is 16.7. The molecule has 0 aliphatic rings. The molecule has 2 N–H and O–H groups in total. The molecule has 0 bridgehead atoms. The van der Waals surface area contributed by atoms with Crippen molar-refractivity contribution in [3.63, 3.8) is 0 Å². The van der Waals surface area contributed by atoms with Gasteiger partial charge >= 0.3 is 5.97 Å². The van der Waals surface area contributed by atoms with Crippen LogP contribution in [0.3, 0.4) is 0 Å². The molecule has 4 aromatic rings. The molecule has 3 aromatic carbocycles. The first kappa shape index (κ1) is 29.0. The van der Waals surface area contributed by atoms with Crippen LogP contribution in [0.2, 0.25) is 0 Å². The first-order valence-electron chi connectivity index (χ1n) is 14.4. The number of nitrogen functional groups attached to an aromatic ring is 1. The minimum Gasteiger partial charge on any atom is -0.494 e. The highest BCUT2D eigenvalue weighted by molar-refractivity contribution is 6.18. The number of aromatic nitrogens is 1. The zero-order valence-electron chi connectivity index (χ0n) is 24.3. The van der Waals surface area contributed by atoms with E-state index in [0.29, 0.717) is 47.6 Å². The molecule has 212 valence electrons. The Kier molecular flexibility index (Phi) is 9.70. The van der Waals surface area contributed by atoms with Crippen LogP contribution in [0.5, 0.6) is 11.5 Å². The van der Waals surface area contributed by atoms with Gasteiger partial charge in [0, 0.05) is 58.2 Å². The molecular weight excluding hydrogens is 502 g/mol. The van der Waals surface area contributed by atoms with Gasteiger partial charge in [-0.1, -0.05) is 44.3 Å². The van der Waals surface area contributed by atoms with Crippen molar-refractivity contribution in [1.82, 2.24) is 4.57 Å². The summed E-state index contributed by atoms with van der Waals surface area (Å²) in [4.78, 5) is 17.0. The number of hydrogen-bond acceptors (Lipinski definition) is 6. The normalized spacial score (nSPS) is 12.6. The van der Waals surface area contributed by atoms with E-state index in [4.69, 9.17) is 20.0 Å². The maximum atomic E-state index is 11.8. The molecule has 0 spiro atoms. The summed E-state index contributed by atoms with van der Waals surface area (Å²) in [5, 5.41) is 6.47. The SMILES string of the molecule is CCCCC(CC)Cn1c2ccc(N)cc2c2cc(/C(=N/OC(C)=O)c3ccc(OCC)cc3OCC)ccc21. The lowest BCUT2D eigenvalue weighted by Crippen LogP contribution is -2.11. The van der Waals surface area contributed by atoms with Gasteiger partial charge in [0.1, 0.15) is 17.2 Å². The third-order valence-electron chi connectivity index (χ3n) is 7.23. The molecule has 7 nitrogen and oxygen atoms in total. The van der Waals surface area contributed by atoms with Crippen molar-refractivity contribution in [2.75, 3.05) is 18.9 Å². The van der Waals surface area contributed by atoms with Crippen molar-refractivity contribution >= 4 is 39.2 Å². The van der Waals surface area contributed by atoms with Crippen molar-refractivity contribution in [1.29, 1.82) is 0 Å². The Morgan fingerprint density at radius 2 is 1.65 bits per heavy atom. The van der Waals surface area contributed by atoms with E-state index in [1.165, 1.54) is 26.2 Å². The van der Waals surface area contributed by atoms with Crippen LogP contribution in [0.15, 0.2) is 59.8 Å². The van der Waals surface area contributed by atoms with Crippen LogP contribution in [0.4, 0.5) is 5.69 Å². The van der Waals surface area contributed by atoms with Crippen LogP contribution in [0.25, 0.3) is 21.8 Å². The molecule has 0 aliphatic heterocycles. The quantitative estimate of drug-likeness (QED) is 0.0808. The first-order valence-corrected chi connectivity index (χ1v) is 14.4. The van der Waals surface area contributed by atoms with Crippen molar-refractivity contribution < 1.29 is 19.1 Å². The smallest absolute Gasteiger partial charge is 0.332 e. The third-order valence-corrected chi connectivity index (χ3v) is 7.23. The molecule has 1 atom stereocenters. The lowest BCUT2D eigenvalue weighted by molar-refractivity contribution is -0.140. The van der Waals surface area contributed by atoms with Crippen LogP contribution in [0, 0.1) is 5.92 Å². The number of unbranched alkanes of at least 4 members (excludes halogenated alkanes) is 1. The number of benzene rings is 3. The number of anilines is 1. The highest BCUT2D eigenvalue weighted by Crippen LogP contribution is 2.35. The summed E-state index contributed by atoms with van der Waals surface area (Å²) in [5.74, 6) is 1.40. The molecule has 1 unspecified atom stereocenters. The maximum Gasteiger partial charge on any atom is 0.332 e. The number of fused-ring (bicyclic) bond motifs is 3. The zero-order chi connectivity index (χ0) is 28.6. The fraction of sp³-hybridized carbons (Fsp3) is 0.394. The topological polar surface area (TPSA) is 88.1 Å². The summed E-state index contributed by atoms with van der Waals surface area (Å²) < 4.78 is 14.1. The largest absolute Gasteiger partial charge is 0.494 e. The van der Waals surface area contributed by atoms with Crippen LogP contribution in [0.1, 0.15) is 71.4 Å². The highest BCUT2D eigenvalue weighted by Gasteiger charge is 2.20. The molecule has 0 aliphatic carbocycles. The summed E-state index contributed by atoms with van der Waals surface area (Å²) in [6.07, 6.45) is 4.76. The van der Waals surface area contributed by atoms with Gasteiger partial charge in [0.2, 0.25) is 0 Å². The summed E-state index contributed by atoms with van der Waals surface area (Å²) in [7, 11) is 0. The van der Waals surface area contributed by atoms with Gasteiger partial charge in [-0.15, -0.1) is 0 Å². The monoisotopic (exact) mass is 543 g/mol. The van der Waals surface area contributed by atoms with E-state index in [2.05, 4.69) is 41.8 Å². The second kappa shape index (κ2) is 13.4. The summed E-state index contributed by atoms with van der Waals surface area (Å²) in [6, 6.07) is 18.0. The Bertz CT molecular complexity index is 1500. The molecule has 0 saturated heterocycles. The molecule has 40 heavy (non-hydrogen) atoms. The van der Waals surface area contributed by atoms with Crippen molar-refractivity contribution in [3.05, 3.63) is 65.7 Å². The molecule has 4 rings (SSSR count). The second-order valence-electron chi connectivity index (χ2n) is 10.1. The third kappa shape index (κ3) is 6.41. The predicted octanol–water partition coefficient (Wildman–Crippen LogP) is 7.71. The zero-order valence-corrected chi connectivity index (χ0v) is 24.3. The fourth-order valence-corrected chi connectivity index (χ4v) is 5.24. The van der Waals surface area contributed by atoms with Gasteiger partial charge in [0.15, 0.2) is 0 Å². The minimum absolute atomic E-state index is 0.464. The molecule has 0 amide bonds. The average Bonchev–Trinajstić information content (AvgIpc) is 3.24. The van der Waals surface area contributed by atoms with Gasteiger partial charge in [0.05, 0.1) is 13.2 Å². The minimum atomic E-state index is -0.496.